The summed E-state index contributed by atoms with van der Waals surface area (Å²) in [7, 11) is 1.59. The predicted molar refractivity (Wildman–Crippen MR) is 57.9 cm³/mol. The van der Waals surface area contributed by atoms with Crippen LogP contribution in [0.15, 0.2) is 28.8 Å². The quantitative estimate of drug-likeness (QED) is 0.852. The normalized spacial score (nSPS) is 10.3. The van der Waals surface area contributed by atoms with Crippen molar-refractivity contribution in [2.24, 2.45) is 0 Å². The highest BCUT2D eigenvalue weighted by molar-refractivity contribution is 6.35. The van der Waals surface area contributed by atoms with E-state index in [4.69, 9.17) is 26.6 Å². The van der Waals surface area contributed by atoms with E-state index in [0.717, 1.165) is 11.3 Å². The molecule has 2 aromatic rings. The molecular formula is C10H9ClN2O2. The molecule has 5 heteroatoms. The van der Waals surface area contributed by atoms with Gasteiger partial charge in [0, 0.05) is 5.56 Å². The third-order valence-corrected chi connectivity index (χ3v) is 2.36. The number of halogens is 1. The van der Waals surface area contributed by atoms with Crippen LogP contribution in [0, 0.1) is 0 Å². The lowest BCUT2D eigenvalue weighted by atomic mass is 10.1. The summed E-state index contributed by atoms with van der Waals surface area (Å²) in [5.41, 5.74) is 6.26. The van der Waals surface area contributed by atoms with Gasteiger partial charge in [0.2, 0.25) is 0 Å². The van der Waals surface area contributed by atoms with E-state index in [-0.39, 0.29) is 5.82 Å². The number of rotatable bonds is 2. The lowest BCUT2D eigenvalue weighted by Gasteiger charge is -2.01. The van der Waals surface area contributed by atoms with Crippen molar-refractivity contribution in [2.75, 3.05) is 12.8 Å². The second kappa shape index (κ2) is 3.82. The van der Waals surface area contributed by atoms with Crippen molar-refractivity contribution in [3.63, 3.8) is 0 Å². The van der Waals surface area contributed by atoms with E-state index < -0.39 is 0 Å². The van der Waals surface area contributed by atoms with Crippen LogP contribution in [0.5, 0.6) is 5.75 Å². The van der Waals surface area contributed by atoms with Gasteiger partial charge < -0.3 is 15.0 Å². The number of aromatic nitrogens is 1. The van der Waals surface area contributed by atoms with Gasteiger partial charge in [-0.2, -0.15) is 0 Å². The number of nitrogens with zero attached hydrogens (tertiary/aromatic N) is 1. The zero-order valence-corrected chi connectivity index (χ0v) is 8.78. The topological polar surface area (TPSA) is 61.3 Å². The summed E-state index contributed by atoms with van der Waals surface area (Å²) >= 11 is 5.92. The van der Waals surface area contributed by atoms with Crippen molar-refractivity contribution in [3.05, 3.63) is 29.3 Å². The predicted octanol–water partition coefficient (Wildman–Crippen LogP) is 2.59. The maximum Gasteiger partial charge on any atom is 0.187 e. The average molecular weight is 225 g/mol. The van der Waals surface area contributed by atoms with Crippen LogP contribution in [0.1, 0.15) is 0 Å². The molecule has 0 saturated heterocycles. The van der Waals surface area contributed by atoms with Crippen LogP contribution in [0.4, 0.5) is 5.82 Å². The molecule has 0 aliphatic heterocycles. The molecule has 0 atom stereocenters. The average Bonchev–Trinajstić information content (AvgIpc) is 2.60. The Morgan fingerprint density at radius 2 is 2.27 bits per heavy atom. The first-order valence-electron chi connectivity index (χ1n) is 4.27. The molecular weight excluding hydrogens is 216 g/mol. The second-order valence-electron chi connectivity index (χ2n) is 2.94. The fourth-order valence-electron chi connectivity index (χ4n) is 1.24. The van der Waals surface area contributed by atoms with E-state index in [0.29, 0.717) is 10.8 Å². The van der Waals surface area contributed by atoms with Gasteiger partial charge in [-0.3, -0.25) is 0 Å². The third kappa shape index (κ3) is 1.76. The summed E-state index contributed by atoms with van der Waals surface area (Å²) in [5.74, 6) is 1.36. The van der Waals surface area contributed by atoms with E-state index in [9.17, 15) is 0 Å². The zero-order chi connectivity index (χ0) is 10.8. The number of nitrogen functional groups attached to an aromatic ring is 1. The highest BCUT2D eigenvalue weighted by Crippen LogP contribution is 2.33. The molecule has 78 valence electrons. The van der Waals surface area contributed by atoms with Crippen molar-refractivity contribution in [1.82, 2.24) is 5.16 Å². The molecule has 0 aliphatic rings. The smallest absolute Gasteiger partial charge is 0.187 e. The number of hydrogen-bond acceptors (Lipinski definition) is 4. The molecule has 0 radical (unpaired) electrons. The van der Waals surface area contributed by atoms with Crippen molar-refractivity contribution >= 4 is 17.4 Å². The molecule has 1 aromatic heterocycles. The number of ether oxygens (including phenoxy) is 1. The largest absolute Gasteiger partial charge is 0.497 e. The van der Waals surface area contributed by atoms with Crippen LogP contribution in [0.25, 0.3) is 11.3 Å². The van der Waals surface area contributed by atoms with Gasteiger partial charge in [0.25, 0.3) is 0 Å². The summed E-state index contributed by atoms with van der Waals surface area (Å²) in [4.78, 5) is 0. The Labute approximate surface area is 91.6 Å². The van der Waals surface area contributed by atoms with Gasteiger partial charge in [-0.05, 0) is 12.1 Å². The molecule has 0 spiro atoms. The van der Waals surface area contributed by atoms with Gasteiger partial charge in [0.1, 0.15) is 10.8 Å². The molecule has 0 unspecified atom stereocenters. The molecule has 2 rings (SSSR count). The van der Waals surface area contributed by atoms with Crippen LogP contribution in [-0.2, 0) is 0 Å². The summed E-state index contributed by atoms with van der Waals surface area (Å²) in [5, 5.41) is 3.90. The van der Waals surface area contributed by atoms with Crippen molar-refractivity contribution in [3.8, 4) is 17.1 Å². The molecule has 15 heavy (non-hydrogen) atoms. The molecule has 0 fully saturated rings. The molecule has 2 N–H and O–H groups in total. The minimum atomic E-state index is 0.189. The van der Waals surface area contributed by atoms with Gasteiger partial charge >= 0.3 is 0 Å². The summed E-state index contributed by atoms with van der Waals surface area (Å²) < 4.78 is 10.1. The Morgan fingerprint density at radius 3 is 2.87 bits per heavy atom. The van der Waals surface area contributed by atoms with Crippen LogP contribution in [0.2, 0.25) is 5.02 Å². The molecule has 0 bridgehead atoms. The van der Waals surface area contributed by atoms with Gasteiger partial charge in [0.15, 0.2) is 11.6 Å². The molecule has 0 saturated carbocycles. The van der Waals surface area contributed by atoms with Gasteiger partial charge in [-0.25, -0.2) is 0 Å². The van der Waals surface area contributed by atoms with Crippen LogP contribution in [-0.4, -0.2) is 12.3 Å². The Bertz CT molecular complexity index is 482. The van der Waals surface area contributed by atoms with Gasteiger partial charge in [0.05, 0.1) is 7.11 Å². The maximum atomic E-state index is 5.92. The second-order valence-corrected chi connectivity index (χ2v) is 3.32. The molecule has 0 amide bonds. The van der Waals surface area contributed by atoms with E-state index in [1.807, 2.05) is 18.2 Å². The van der Waals surface area contributed by atoms with Crippen molar-refractivity contribution in [1.29, 1.82) is 0 Å². The minimum Gasteiger partial charge on any atom is -0.497 e. The van der Waals surface area contributed by atoms with Crippen LogP contribution in [0.3, 0.4) is 0 Å². The van der Waals surface area contributed by atoms with Crippen molar-refractivity contribution < 1.29 is 9.26 Å². The van der Waals surface area contributed by atoms with Crippen LogP contribution < -0.4 is 10.5 Å². The van der Waals surface area contributed by atoms with Crippen LogP contribution >= 0.6 is 11.6 Å². The molecule has 1 heterocycles. The highest BCUT2D eigenvalue weighted by Gasteiger charge is 2.13. The van der Waals surface area contributed by atoms with Gasteiger partial charge in [-0.1, -0.05) is 28.9 Å². The van der Waals surface area contributed by atoms with E-state index in [2.05, 4.69) is 5.16 Å². The molecule has 4 nitrogen and oxygen atoms in total. The number of nitrogens with two attached hydrogens (primary N) is 1. The lowest BCUT2D eigenvalue weighted by molar-refractivity contribution is 0.413. The Balaban J connectivity index is 2.49. The highest BCUT2D eigenvalue weighted by atomic mass is 35.5. The Hall–Kier alpha value is -1.68. The fraction of sp³-hybridized carbons (Fsp3) is 0.100. The third-order valence-electron chi connectivity index (χ3n) is 1.99. The monoisotopic (exact) mass is 224 g/mol. The number of benzene rings is 1. The van der Waals surface area contributed by atoms with E-state index in [1.54, 1.807) is 13.2 Å². The lowest BCUT2D eigenvalue weighted by Crippen LogP contribution is -1.84. The Kier molecular flexibility index (Phi) is 2.51. The van der Waals surface area contributed by atoms with E-state index in [1.165, 1.54) is 0 Å². The summed E-state index contributed by atoms with van der Waals surface area (Å²) in [6, 6.07) is 7.31. The zero-order valence-electron chi connectivity index (χ0n) is 8.03. The fourth-order valence-corrected chi connectivity index (χ4v) is 1.41. The maximum absolute atomic E-state index is 5.92. The van der Waals surface area contributed by atoms with Gasteiger partial charge in [-0.15, -0.1) is 0 Å². The first kappa shape index (κ1) is 9.86. The molecule has 1 aromatic carbocycles. The summed E-state index contributed by atoms with van der Waals surface area (Å²) in [6.45, 7) is 0. The van der Waals surface area contributed by atoms with E-state index >= 15 is 0 Å². The Morgan fingerprint density at radius 1 is 1.47 bits per heavy atom. The first-order chi connectivity index (χ1) is 7.22. The summed E-state index contributed by atoms with van der Waals surface area (Å²) in [6.07, 6.45) is 0. The number of methoxy groups -OCH3 is 1. The first-order valence-corrected chi connectivity index (χ1v) is 4.65. The number of anilines is 1. The minimum absolute atomic E-state index is 0.189. The SMILES string of the molecule is COc1cccc(-c2onc(N)c2Cl)c1. The standard InChI is InChI=1S/C10H9ClN2O2/c1-14-7-4-2-3-6(5-7)9-8(11)10(12)13-15-9/h2-5H,1H3,(H2,12,13). The van der Waals surface area contributed by atoms with Crippen molar-refractivity contribution in [2.45, 2.75) is 0 Å². The molecule has 0 aliphatic carbocycles. The number of hydrogen-bond donors (Lipinski definition) is 1.